The zero-order valence-corrected chi connectivity index (χ0v) is 39.1. The van der Waals surface area contributed by atoms with Gasteiger partial charge in [0.15, 0.2) is 0 Å². The molecule has 0 aromatic rings. The summed E-state index contributed by atoms with van der Waals surface area (Å²) in [6, 6.07) is 0. The molecule has 0 bridgehead atoms. The fraction of sp³-hybridized carbons (Fsp3) is 0.600. The van der Waals surface area contributed by atoms with Crippen LogP contribution >= 0.6 is 0 Å². The summed E-state index contributed by atoms with van der Waals surface area (Å²) >= 11 is 3.48. The summed E-state index contributed by atoms with van der Waals surface area (Å²) in [5.74, 6) is 0. The van der Waals surface area contributed by atoms with Gasteiger partial charge in [0.1, 0.15) is 0 Å². The van der Waals surface area contributed by atoms with E-state index in [1.54, 1.807) is 46.7 Å². The first-order valence-electron chi connectivity index (χ1n) is 17.3. The van der Waals surface area contributed by atoms with Gasteiger partial charge in [-0.1, -0.05) is 105 Å². The van der Waals surface area contributed by atoms with Crippen LogP contribution in [0, 0.1) is 24.3 Å². The Balaban J connectivity index is -0.000000234. The van der Waals surface area contributed by atoms with E-state index < -0.39 is 0 Å². The minimum Gasteiger partial charge on any atom is -1.00 e. The molecule has 0 N–H and O–H groups in total. The Bertz CT molecular complexity index is 843. The van der Waals surface area contributed by atoms with Gasteiger partial charge in [-0.15, -0.1) is 25.7 Å². The van der Waals surface area contributed by atoms with Gasteiger partial charge in [0.25, 0.3) is 0 Å². The SMILES string of the molecule is CCCCC1=[C-]CC=C1.CCCCC1=[C-]CC=C1.CCCCC1=[C-]CC=C1.CCCCC1=[C-]CC=C1.C[Si](C)=[Zr+2].C[Si](C)=[Zr+2].[Cl-].[Cl-]. The van der Waals surface area contributed by atoms with Crippen molar-refractivity contribution in [2.45, 2.75) is 157 Å². The summed E-state index contributed by atoms with van der Waals surface area (Å²) in [7, 11) is 0. The van der Waals surface area contributed by atoms with Crippen LogP contribution in [0.15, 0.2) is 70.9 Å². The van der Waals surface area contributed by atoms with Gasteiger partial charge in [-0.05, 0) is 0 Å². The first kappa shape index (κ1) is 53.5. The molecular formula is C40H64Cl2Si2Zr2-2. The summed E-state index contributed by atoms with van der Waals surface area (Å²) in [5, 5.41) is 0. The average molecular weight is 854 g/mol. The molecule has 0 saturated heterocycles. The van der Waals surface area contributed by atoms with Crippen LogP contribution in [-0.4, -0.2) is 10.9 Å². The van der Waals surface area contributed by atoms with Crippen LogP contribution < -0.4 is 24.8 Å². The van der Waals surface area contributed by atoms with Crippen molar-refractivity contribution >= 4 is 10.9 Å². The molecule has 0 atom stereocenters. The van der Waals surface area contributed by atoms with Gasteiger partial charge in [-0.3, -0.25) is 24.3 Å². The molecule has 0 nitrogen and oxygen atoms in total. The Labute approximate surface area is 331 Å². The van der Waals surface area contributed by atoms with Gasteiger partial charge in [0.05, 0.1) is 0 Å². The van der Waals surface area contributed by atoms with E-state index in [0.29, 0.717) is 0 Å². The van der Waals surface area contributed by atoms with E-state index >= 15 is 0 Å². The molecule has 0 spiro atoms. The van der Waals surface area contributed by atoms with E-state index in [1.165, 1.54) is 99.3 Å². The van der Waals surface area contributed by atoms with E-state index in [4.69, 9.17) is 0 Å². The summed E-state index contributed by atoms with van der Waals surface area (Å²) in [4.78, 5) is 0. The molecule has 0 fully saturated rings. The number of halogens is 2. The van der Waals surface area contributed by atoms with Crippen molar-refractivity contribution in [3.05, 3.63) is 95.2 Å². The molecule has 0 aromatic heterocycles. The molecule has 4 rings (SSSR count). The molecule has 4 aliphatic carbocycles. The maximum atomic E-state index is 3.30. The first-order valence-corrected chi connectivity index (χ1v) is 29.7. The molecule has 0 heterocycles. The number of unbranched alkanes of at least 4 members (excludes halogenated alkanes) is 4. The molecule has 6 heteroatoms. The van der Waals surface area contributed by atoms with Crippen molar-refractivity contribution in [2.24, 2.45) is 0 Å². The number of allylic oxidation sites excluding steroid dienone is 16. The second kappa shape index (κ2) is 41.9. The third-order valence-corrected chi connectivity index (χ3v) is 6.26. The zero-order chi connectivity index (χ0) is 33.3. The zero-order valence-electron chi connectivity index (χ0n) is 30.7. The molecule has 256 valence electrons. The maximum absolute atomic E-state index is 3.30. The van der Waals surface area contributed by atoms with Crippen LogP contribution in [0.25, 0.3) is 0 Å². The van der Waals surface area contributed by atoms with Crippen molar-refractivity contribution in [3.63, 3.8) is 0 Å². The number of hydrogen-bond acceptors (Lipinski definition) is 0. The summed E-state index contributed by atoms with van der Waals surface area (Å²) < 4.78 is 0. The number of rotatable bonds is 12. The van der Waals surface area contributed by atoms with E-state index in [-0.39, 0.29) is 35.7 Å². The minimum absolute atomic E-state index is 0. The standard InChI is InChI=1S/4C9H13.2C2H6Si.2ClH.2Zr/c4*1-2-3-6-9-7-4-5-8-9;2*1-3-2;;;;/h4*4,7H,2-3,5-6H2,1H3;2*1-2H3;2*1H;;/q4*-1;;;;;2*+2/p-2. The fourth-order valence-electron chi connectivity index (χ4n) is 3.96. The van der Waals surface area contributed by atoms with Crippen LogP contribution in [0.2, 0.25) is 26.2 Å². The second-order valence-corrected chi connectivity index (χ2v) is 30.4. The molecule has 0 aromatic carbocycles. The van der Waals surface area contributed by atoms with Crippen LogP contribution in [0.3, 0.4) is 0 Å². The molecule has 0 aliphatic heterocycles. The Morgan fingerprint density at radius 3 is 0.739 bits per heavy atom. The molecule has 0 radical (unpaired) electrons. The van der Waals surface area contributed by atoms with E-state index in [2.05, 4.69) is 127 Å². The quantitative estimate of drug-likeness (QED) is 0.146. The smallest absolute Gasteiger partial charge is 1.00 e. The Kier molecular flexibility index (Phi) is 48.7. The molecule has 46 heavy (non-hydrogen) atoms. The molecule has 4 aliphatic rings. The first-order chi connectivity index (χ1) is 21.2. The van der Waals surface area contributed by atoms with Crippen molar-refractivity contribution in [3.8, 4) is 0 Å². The van der Waals surface area contributed by atoms with Gasteiger partial charge in [0.2, 0.25) is 0 Å². The minimum atomic E-state index is 0. The predicted molar refractivity (Wildman–Crippen MR) is 195 cm³/mol. The van der Waals surface area contributed by atoms with E-state index in [0.717, 1.165) is 25.7 Å². The summed E-state index contributed by atoms with van der Waals surface area (Å²) in [5.41, 5.74) is 6.08. The van der Waals surface area contributed by atoms with E-state index in [9.17, 15) is 0 Å². The van der Waals surface area contributed by atoms with Gasteiger partial charge in [0, 0.05) is 0 Å². The monoisotopic (exact) mass is 850 g/mol. The van der Waals surface area contributed by atoms with Gasteiger partial charge < -0.3 is 24.8 Å². The maximum Gasteiger partial charge on any atom is -1.00 e. The molecule has 0 amide bonds. The average Bonchev–Trinajstić information content (AvgIpc) is 3.83. The topological polar surface area (TPSA) is 0 Å². The summed E-state index contributed by atoms with van der Waals surface area (Å²) in [6.07, 6.45) is 50.1. The Morgan fingerprint density at radius 2 is 0.630 bits per heavy atom. The van der Waals surface area contributed by atoms with Crippen LogP contribution in [-0.2, 0) is 46.7 Å². The van der Waals surface area contributed by atoms with Gasteiger partial charge >= 0.3 is 83.7 Å². The van der Waals surface area contributed by atoms with Crippen molar-refractivity contribution in [1.29, 1.82) is 0 Å². The second-order valence-electron chi connectivity index (χ2n) is 11.6. The normalized spacial score (nSPS) is 14.0. The van der Waals surface area contributed by atoms with Crippen molar-refractivity contribution in [1.82, 2.24) is 0 Å². The third kappa shape index (κ3) is 42.7. The van der Waals surface area contributed by atoms with E-state index in [1.807, 2.05) is 0 Å². The van der Waals surface area contributed by atoms with Crippen molar-refractivity contribution in [2.75, 3.05) is 0 Å². The summed E-state index contributed by atoms with van der Waals surface area (Å²) in [6.45, 7) is 18.1. The fourth-order valence-corrected chi connectivity index (χ4v) is 3.96. The molecular weight excluding hydrogens is 790 g/mol. The van der Waals surface area contributed by atoms with Gasteiger partial charge in [-0.2, -0.15) is 24.3 Å². The van der Waals surface area contributed by atoms with Gasteiger partial charge in [-0.25, -0.2) is 46.6 Å². The Morgan fingerprint density at radius 1 is 0.457 bits per heavy atom. The Hall–Kier alpha value is 0.700. The third-order valence-electron chi connectivity index (χ3n) is 6.26. The molecule has 0 saturated carbocycles. The molecule has 0 unspecified atom stereocenters. The van der Waals surface area contributed by atoms with Crippen LogP contribution in [0.5, 0.6) is 0 Å². The largest absolute Gasteiger partial charge is 1.00 e. The van der Waals surface area contributed by atoms with Crippen LogP contribution in [0.1, 0.15) is 130 Å². The number of hydrogen-bond donors (Lipinski definition) is 0. The van der Waals surface area contributed by atoms with Crippen LogP contribution in [0.4, 0.5) is 0 Å². The van der Waals surface area contributed by atoms with Crippen molar-refractivity contribution < 1.29 is 71.5 Å². The predicted octanol–water partition coefficient (Wildman–Crippen LogP) is 7.04.